The van der Waals surface area contributed by atoms with Crippen molar-refractivity contribution in [2.45, 2.75) is 12.5 Å². The normalized spacial score (nSPS) is 30.5. The van der Waals surface area contributed by atoms with Gasteiger partial charge in [0, 0.05) is 7.11 Å². The third-order valence-electron chi connectivity index (χ3n) is 1.87. The Hall–Kier alpha value is -0.610. The standard InChI is InChI=1S/C7H13NO3/c1-11-4-5-2-6(3-9)8-7(5)10/h5-6,9H,2-4H2,1H3,(H,8,10)/t5-,6+/m1/s1. The quantitative estimate of drug-likeness (QED) is 0.562. The van der Waals surface area contributed by atoms with Crippen LogP contribution in [0.25, 0.3) is 0 Å². The van der Waals surface area contributed by atoms with E-state index in [4.69, 9.17) is 9.84 Å². The summed E-state index contributed by atoms with van der Waals surface area (Å²) in [5.74, 6) is -0.0805. The first-order valence-electron chi connectivity index (χ1n) is 3.68. The summed E-state index contributed by atoms with van der Waals surface area (Å²) < 4.78 is 4.85. The topological polar surface area (TPSA) is 58.6 Å². The number of carbonyl (C=O) groups excluding carboxylic acids is 1. The number of aliphatic hydroxyl groups is 1. The van der Waals surface area contributed by atoms with Gasteiger partial charge in [0.15, 0.2) is 0 Å². The molecule has 64 valence electrons. The molecule has 1 saturated heterocycles. The van der Waals surface area contributed by atoms with Gasteiger partial charge in [-0.25, -0.2) is 0 Å². The monoisotopic (exact) mass is 159 g/mol. The molecule has 1 heterocycles. The van der Waals surface area contributed by atoms with E-state index in [0.29, 0.717) is 13.0 Å². The Kier molecular flexibility index (Phi) is 2.84. The number of nitrogens with one attached hydrogen (secondary N) is 1. The molecule has 2 N–H and O–H groups in total. The van der Waals surface area contributed by atoms with Crippen LogP contribution in [-0.4, -0.2) is 37.4 Å². The average Bonchev–Trinajstić information content (AvgIpc) is 2.33. The second-order valence-corrected chi connectivity index (χ2v) is 2.78. The molecule has 4 nitrogen and oxygen atoms in total. The molecule has 0 spiro atoms. The fraction of sp³-hybridized carbons (Fsp3) is 0.857. The van der Waals surface area contributed by atoms with Gasteiger partial charge in [0.25, 0.3) is 0 Å². The van der Waals surface area contributed by atoms with Gasteiger partial charge < -0.3 is 15.2 Å². The zero-order valence-electron chi connectivity index (χ0n) is 6.54. The fourth-order valence-corrected chi connectivity index (χ4v) is 1.29. The summed E-state index contributed by atoms with van der Waals surface area (Å²) in [7, 11) is 1.57. The molecule has 0 aromatic rings. The third-order valence-corrected chi connectivity index (χ3v) is 1.87. The number of aliphatic hydroxyl groups excluding tert-OH is 1. The van der Waals surface area contributed by atoms with Crippen LogP contribution in [0.1, 0.15) is 6.42 Å². The molecule has 4 heteroatoms. The lowest BCUT2D eigenvalue weighted by molar-refractivity contribution is -0.123. The van der Waals surface area contributed by atoms with Crippen LogP contribution in [0.15, 0.2) is 0 Å². The Morgan fingerprint density at radius 3 is 3.00 bits per heavy atom. The van der Waals surface area contributed by atoms with E-state index in [2.05, 4.69) is 5.32 Å². The average molecular weight is 159 g/mol. The van der Waals surface area contributed by atoms with Gasteiger partial charge in [-0.15, -0.1) is 0 Å². The Balaban J connectivity index is 2.38. The summed E-state index contributed by atoms with van der Waals surface area (Å²) in [5.41, 5.74) is 0. The lowest BCUT2D eigenvalue weighted by Gasteiger charge is -2.03. The van der Waals surface area contributed by atoms with E-state index in [1.54, 1.807) is 7.11 Å². The SMILES string of the molecule is COC[C@H]1C[C@@H](CO)NC1=O. The highest BCUT2D eigenvalue weighted by Crippen LogP contribution is 2.14. The highest BCUT2D eigenvalue weighted by molar-refractivity contribution is 5.81. The van der Waals surface area contributed by atoms with Gasteiger partial charge in [-0.1, -0.05) is 0 Å². The van der Waals surface area contributed by atoms with Gasteiger partial charge in [0.1, 0.15) is 0 Å². The zero-order chi connectivity index (χ0) is 8.27. The molecule has 0 aliphatic carbocycles. The molecule has 0 aromatic heterocycles. The molecule has 1 aliphatic heterocycles. The Labute approximate surface area is 65.5 Å². The van der Waals surface area contributed by atoms with Crippen LogP contribution in [-0.2, 0) is 9.53 Å². The smallest absolute Gasteiger partial charge is 0.225 e. The molecular formula is C7H13NO3. The Morgan fingerprint density at radius 1 is 1.82 bits per heavy atom. The molecule has 1 fully saturated rings. The van der Waals surface area contributed by atoms with Crippen LogP contribution in [0.4, 0.5) is 0 Å². The van der Waals surface area contributed by atoms with Crippen LogP contribution in [0.3, 0.4) is 0 Å². The number of hydrogen-bond donors (Lipinski definition) is 2. The largest absolute Gasteiger partial charge is 0.394 e. The van der Waals surface area contributed by atoms with Crippen molar-refractivity contribution in [3.05, 3.63) is 0 Å². The van der Waals surface area contributed by atoms with Gasteiger partial charge in [-0.3, -0.25) is 4.79 Å². The number of ether oxygens (including phenoxy) is 1. The molecule has 0 saturated carbocycles. The van der Waals surface area contributed by atoms with E-state index in [-0.39, 0.29) is 24.5 Å². The van der Waals surface area contributed by atoms with Crippen molar-refractivity contribution in [3.63, 3.8) is 0 Å². The van der Waals surface area contributed by atoms with E-state index >= 15 is 0 Å². The van der Waals surface area contributed by atoms with E-state index in [1.165, 1.54) is 0 Å². The number of rotatable bonds is 3. The van der Waals surface area contributed by atoms with Crippen LogP contribution in [0.5, 0.6) is 0 Å². The lowest BCUT2D eigenvalue weighted by Crippen LogP contribution is -2.29. The first-order chi connectivity index (χ1) is 5.27. The predicted octanol–water partition coefficient (Wildman–Crippen LogP) is -0.870. The minimum atomic E-state index is -0.0721. The van der Waals surface area contributed by atoms with Crippen molar-refractivity contribution >= 4 is 5.91 Å². The summed E-state index contributed by atoms with van der Waals surface area (Å²) >= 11 is 0. The van der Waals surface area contributed by atoms with Gasteiger partial charge in [0.05, 0.1) is 25.2 Å². The maximum atomic E-state index is 11.0. The van der Waals surface area contributed by atoms with Crippen LogP contribution in [0.2, 0.25) is 0 Å². The van der Waals surface area contributed by atoms with Crippen molar-refractivity contribution in [2.24, 2.45) is 5.92 Å². The summed E-state index contributed by atoms with van der Waals surface area (Å²) in [5, 5.41) is 11.4. The second kappa shape index (κ2) is 3.69. The van der Waals surface area contributed by atoms with Gasteiger partial charge >= 0.3 is 0 Å². The van der Waals surface area contributed by atoms with E-state index < -0.39 is 0 Å². The number of methoxy groups -OCH3 is 1. The summed E-state index contributed by atoms with van der Waals surface area (Å²) in [6, 6.07) is -0.0670. The van der Waals surface area contributed by atoms with Crippen molar-refractivity contribution in [1.29, 1.82) is 0 Å². The van der Waals surface area contributed by atoms with Crippen LogP contribution < -0.4 is 5.32 Å². The van der Waals surface area contributed by atoms with E-state index in [0.717, 1.165) is 0 Å². The molecule has 2 atom stereocenters. The van der Waals surface area contributed by atoms with Crippen molar-refractivity contribution in [1.82, 2.24) is 5.32 Å². The Morgan fingerprint density at radius 2 is 2.55 bits per heavy atom. The molecule has 0 radical (unpaired) electrons. The molecule has 0 unspecified atom stereocenters. The molecule has 1 amide bonds. The van der Waals surface area contributed by atoms with Crippen LogP contribution in [0, 0.1) is 5.92 Å². The fourth-order valence-electron chi connectivity index (χ4n) is 1.29. The molecule has 0 aromatic carbocycles. The van der Waals surface area contributed by atoms with Crippen molar-refractivity contribution in [2.75, 3.05) is 20.3 Å². The van der Waals surface area contributed by atoms with Crippen molar-refractivity contribution in [3.8, 4) is 0 Å². The zero-order valence-corrected chi connectivity index (χ0v) is 6.54. The van der Waals surface area contributed by atoms with E-state index in [1.807, 2.05) is 0 Å². The number of carbonyl (C=O) groups is 1. The van der Waals surface area contributed by atoms with Gasteiger partial charge in [-0.2, -0.15) is 0 Å². The maximum Gasteiger partial charge on any atom is 0.225 e. The van der Waals surface area contributed by atoms with Crippen molar-refractivity contribution < 1.29 is 14.6 Å². The molecular weight excluding hydrogens is 146 g/mol. The second-order valence-electron chi connectivity index (χ2n) is 2.78. The number of amides is 1. The number of hydrogen-bond acceptors (Lipinski definition) is 3. The molecule has 1 rings (SSSR count). The highest BCUT2D eigenvalue weighted by Gasteiger charge is 2.30. The van der Waals surface area contributed by atoms with Gasteiger partial charge in [-0.05, 0) is 6.42 Å². The Bertz CT molecular complexity index is 149. The summed E-state index contributed by atoms with van der Waals surface area (Å²) in [6.07, 6.45) is 0.684. The molecule has 1 aliphatic rings. The van der Waals surface area contributed by atoms with Gasteiger partial charge in [0.2, 0.25) is 5.91 Å². The lowest BCUT2D eigenvalue weighted by atomic mass is 10.1. The third kappa shape index (κ3) is 1.91. The summed E-state index contributed by atoms with van der Waals surface area (Å²) in [4.78, 5) is 11.0. The molecule has 11 heavy (non-hydrogen) atoms. The van der Waals surface area contributed by atoms with E-state index in [9.17, 15) is 4.79 Å². The first-order valence-corrected chi connectivity index (χ1v) is 3.68. The minimum Gasteiger partial charge on any atom is -0.394 e. The maximum absolute atomic E-state index is 11.0. The molecule has 0 bridgehead atoms. The predicted molar refractivity (Wildman–Crippen MR) is 39.0 cm³/mol. The highest BCUT2D eigenvalue weighted by atomic mass is 16.5. The summed E-state index contributed by atoms with van der Waals surface area (Å²) in [6.45, 7) is 0.467. The first kappa shape index (κ1) is 8.49. The van der Waals surface area contributed by atoms with Crippen LogP contribution >= 0.6 is 0 Å². The minimum absolute atomic E-state index is 0.00843.